The topological polar surface area (TPSA) is 75.7 Å². The Morgan fingerprint density at radius 2 is 1.73 bits per heavy atom. The van der Waals surface area contributed by atoms with E-state index < -0.39 is 30.0 Å². The van der Waals surface area contributed by atoms with Gasteiger partial charge in [0.1, 0.15) is 17.8 Å². The molecule has 1 unspecified atom stereocenters. The second kappa shape index (κ2) is 7.30. The molecule has 3 aromatic carbocycles. The summed E-state index contributed by atoms with van der Waals surface area (Å²) in [7, 11) is 0. The molecule has 0 radical (unpaired) electrons. The van der Waals surface area contributed by atoms with E-state index in [0.29, 0.717) is 11.3 Å². The number of urea groups is 1. The molecule has 0 saturated carbocycles. The number of esters is 1. The van der Waals surface area contributed by atoms with E-state index in [0.717, 1.165) is 26.8 Å². The van der Waals surface area contributed by atoms with Crippen molar-refractivity contribution in [3.05, 3.63) is 77.4 Å². The van der Waals surface area contributed by atoms with Crippen molar-refractivity contribution in [1.29, 1.82) is 0 Å². The van der Waals surface area contributed by atoms with Gasteiger partial charge in [0.25, 0.3) is 5.91 Å². The summed E-state index contributed by atoms with van der Waals surface area (Å²) in [4.78, 5) is 39.0. The number of carbonyl (C=O) groups excluding carboxylic acids is 3. The van der Waals surface area contributed by atoms with Crippen LogP contribution in [0.5, 0.6) is 5.75 Å². The Bertz CT molecular complexity index is 1190. The van der Waals surface area contributed by atoms with Crippen molar-refractivity contribution < 1.29 is 19.1 Å². The van der Waals surface area contributed by atoms with Gasteiger partial charge in [-0.25, -0.2) is 9.59 Å². The van der Waals surface area contributed by atoms with Crippen LogP contribution in [0.3, 0.4) is 0 Å². The highest BCUT2D eigenvalue weighted by Crippen LogP contribution is 2.31. The van der Waals surface area contributed by atoms with Gasteiger partial charge in [-0.1, -0.05) is 54.1 Å². The van der Waals surface area contributed by atoms with Crippen molar-refractivity contribution in [2.45, 2.75) is 26.3 Å². The number of imide groups is 1. The first-order valence-corrected chi connectivity index (χ1v) is 9.69. The zero-order valence-electron chi connectivity index (χ0n) is 17.1. The van der Waals surface area contributed by atoms with Crippen molar-refractivity contribution >= 4 is 28.7 Å². The number of ether oxygens (including phenoxy) is 1. The molecule has 3 amide bonds. The zero-order chi connectivity index (χ0) is 21.5. The Morgan fingerprint density at radius 3 is 2.47 bits per heavy atom. The third-order valence-corrected chi connectivity index (χ3v) is 5.44. The molecular weight excluding hydrogens is 380 g/mol. The first-order chi connectivity index (χ1) is 14.3. The molecule has 1 aliphatic rings. The third-order valence-electron chi connectivity index (χ3n) is 5.44. The van der Waals surface area contributed by atoms with Gasteiger partial charge < -0.3 is 10.1 Å². The maximum Gasteiger partial charge on any atom is 0.331 e. The molecule has 1 heterocycles. The van der Waals surface area contributed by atoms with E-state index in [4.69, 9.17) is 4.74 Å². The maximum absolute atomic E-state index is 13.1. The normalized spacial score (nSPS) is 18.6. The van der Waals surface area contributed by atoms with E-state index in [1.54, 1.807) is 13.0 Å². The molecule has 152 valence electrons. The van der Waals surface area contributed by atoms with E-state index in [1.165, 1.54) is 0 Å². The third kappa shape index (κ3) is 3.41. The van der Waals surface area contributed by atoms with Gasteiger partial charge in [-0.3, -0.25) is 9.69 Å². The van der Waals surface area contributed by atoms with Crippen molar-refractivity contribution in [1.82, 2.24) is 10.2 Å². The summed E-state index contributed by atoms with van der Waals surface area (Å²) in [5.41, 5.74) is 1.26. The maximum atomic E-state index is 13.1. The number of nitrogens with one attached hydrogen (secondary N) is 1. The van der Waals surface area contributed by atoms with Gasteiger partial charge in [0, 0.05) is 0 Å². The minimum atomic E-state index is -1.25. The first-order valence-electron chi connectivity index (χ1n) is 9.69. The number of carbonyl (C=O) groups is 3. The number of hydrogen-bond acceptors (Lipinski definition) is 4. The first kappa shape index (κ1) is 19.6. The molecule has 0 aliphatic carbocycles. The van der Waals surface area contributed by atoms with Crippen LogP contribution in [-0.2, 0) is 15.1 Å². The highest BCUT2D eigenvalue weighted by Gasteiger charge is 2.49. The van der Waals surface area contributed by atoms with Crippen LogP contribution in [0.2, 0.25) is 0 Å². The summed E-state index contributed by atoms with van der Waals surface area (Å²) in [5.74, 6) is -0.747. The van der Waals surface area contributed by atoms with Crippen molar-refractivity contribution in [3.8, 4) is 5.75 Å². The molecule has 3 aromatic rings. The minimum Gasteiger partial charge on any atom is -0.425 e. The Kier molecular flexibility index (Phi) is 4.78. The lowest BCUT2D eigenvalue weighted by molar-refractivity contribution is -0.141. The molecule has 0 aromatic heterocycles. The number of fused-ring (bicyclic) bond motifs is 1. The van der Waals surface area contributed by atoms with Gasteiger partial charge in [-0.05, 0) is 54.8 Å². The Morgan fingerprint density at radius 1 is 1.00 bits per heavy atom. The van der Waals surface area contributed by atoms with Crippen LogP contribution in [0.1, 0.15) is 23.6 Å². The van der Waals surface area contributed by atoms with Crippen LogP contribution in [0.25, 0.3) is 10.8 Å². The molecular formula is C24H22N2O4. The number of aryl methyl sites for hydroxylation is 2. The van der Waals surface area contributed by atoms with Gasteiger partial charge in [0.15, 0.2) is 0 Å². The molecule has 1 fully saturated rings. The highest BCUT2D eigenvalue weighted by atomic mass is 16.5. The van der Waals surface area contributed by atoms with Crippen LogP contribution in [-0.4, -0.2) is 29.4 Å². The molecule has 1 saturated heterocycles. The van der Waals surface area contributed by atoms with Crippen molar-refractivity contribution in [2.24, 2.45) is 0 Å². The van der Waals surface area contributed by atoms with Gasteiger partial charge in [-0.2, -0.15) is 0 Å². The zero-order valence-corrected chi connectivity index (χ0v) is 17.1. The number of hydrogen-bond donors (Lipinski definition) is 1. The fourth-order valence-electron chi connectivity index (χ4n) is 3.73. The molecule has 1 aliphatic heterocycles. The quantitative estimate of drug-likeness (QED) is 0.409. The summed E-state index contributed by atoms with van der Waals surface area (Å²) < 4.78 is 5.38. The van der Waals surface area contributed by atoms with E-state index in [9.17, 15) is 14.4 Å². The fraction of sp³-hybridized carbons (Fsp3) is 0.208. The fourth-order valence-corrected chi connectivity index (χ4v) is 3.73. The Hall–Kier alpha value is -3.67. The van der Waals surface area contributed by atoms with Gasteiger partial charge in [0.05, 0.1) is 0 Å². The summed E-state index contributed by atoms with van der Waals surface area (Å²) in [6.45, 7) is 4.97. The SMILES string of the molecule is Cc1ccc(OC(=O)CN2C(=O)NC(C)(c3ccc4ccccc4c3)C2=O)c(C)c1. The van der Waals surface area contributed by atoms with E-state index in [-0.39, 0.29) is 0 Å². The number of nitrogens with zero attached hydrogens (tertiary/aromatic N) is 1. The van der Waals surface area contributed by atoms with Crippen molar-refractivity contribution in [3.63, 3.8) is 0 Å². The van der Waals surface area contributed by atoms with Crippen LogP contribution >= 0.6 is 0 Å². The van der Waals surface area contributed by atoms with Crippen LogP contribution in [0.4, 0.5) is 4.79 Å². The summed E-state index contributed by atoms with van der Waals surface area (Å²) in [6.07, 6.45) is 0. The molecule has 0 spiro atoms. The minimum absolute atomic E-state index is 0.412. The molecule has 6 heteroatoms. The van der Waals surface area contributed by atoms with Crippen molar-refractivity contribution in [2.75, 3.05) is 6.54 Å². The van der Waals surface area contributed by atoms with Gasteiger partial charge in [0.2, 0.25) is 0 Å². The van der Waals surface area contributed by atoms with Crippen LogP contribution in [0, 0.1) is 13.8 Å². The lowest BCUT2D eigenvalue weighted by Crippen LogP contribution is -2.42. The van der Waals surface area contributed by atoms with E-state index in [1.807, 2.05) is 68.4 Å². The number of rotatable bonds is 4. The standard InChI is InChI=1S/C24H22N2O4/c1-15-8-11-20(16(2)12-15)30-21(27)14-26-22(28)24(3,25-23(26)29)19-10-9-17-6-4-5-7-18(17)13-19/h4-13H,14H2,1-3H3,(H,25,29). The lowest BCUT2D eigenvalue weighted by atomic mass is 9.90. The monoisotopic (exact) mass is 402 g/mol. The second-order valence-corrected chi connectivity index (χ2v) is 7.75. The molecule has 30 heavy (non-hydrogen) atoms. The summed E-state index contributed by atoms with van der Waals surface area (Å²) >= 11 is 0. The number of benzene rings is 3. The second-order valence-electron chi connectivity index (χ2n) is 7.75. The molecule has 1 atom stereocenters. The van der Waals surface area contributed by atoms with Crippen LogP contribution in [0.15, 0.2) is 60.7 Å². The molecule has 6 nitrogen and oxygen atoms in total. The summed E-state index contributed by atoms with van der Waals surface area (Å²) in [5, 5.41) is 4.73. The Balaban J connectivity index is 1.54. The van der Waals surface area contributed by atoms with Gasteiger partial charge >= 0.3 is 12.0 Å². The molecule has 0 bridgehead atoms. The van der Waals surface area contributed by atoms with Crippen LogP contribution < -0.4 is 10.1 Å². The van der Waals surface area contributed by atoms with E-state index in [2.05, 4.69) is 5.32 Å². The van der Waals surface area contributed by atoms with Gasteiger partial charge in [-0.15, -0.1) is 0 Å². The smallest absolute Gasteiger partial charge is 0.331 e. The highest BCUT2D eigenvalue weighted by molar-refractivity contribution is 6.09. The molecule has 1 N–H and O–H groups in total. The average molecular weight is 402 g/mol. The predicted molar refractivity (Wildman–Crippen MR) is 113 cm³/mol. The summed E-state index contributed by atoms with van der Waals surface area (Å²) in [6, 6.07) is 18.2. The van der Waals surface area contributed by atoms with E-state index >= 15 is 0 Å². The largest absolute Gasteiger partial charge is 0.425 e. The predicted octanol–water partition coefficient (Wildman–Crippen LogP) is 3.83. The number of amides is 3. The molecule has 4 rings (SSSR count). The lowest BCUT2D eigenvalue weighted by Gasteiger charge is -2.22. The average Bonchev–Trinajstić information content (AvgIpc) is 2.94. The Labute approximate surface area is 174 Å².